The summed E-state index contributed by atoms with van der Waals surface area (Å²) in [6.45, 7) is 8.93. The SMILES string of the molecule is C.C.CC(C)(c1ccccc1)c1ccccc1.CC(C)c1ccccc1. The van der Waals surface area contributed by atoms with Gasteiger partial charge in [-0.3, -0.25) is 0 Å². The summed E-state index contributed by atoms with van der Waals surface area (Å²) < 4.78 is 0. The Hall–Kier alpha value is -2.34. The molecule has 0 saturated heterocycles. The van der Waals surface area contributed by atoms with Crippen molar-refractivity contribution < 1.29 is 0 Å². The molecule has 0 spiro atoms. The molecule has 0 aliphatic rings. The smallest absolute Gasteiger partial charge is 0.0146 e. The van der Waals surface area contributed by atoms with Crippen LogP contribution in [0.25, 0.3) is 0 Å². The average Bonchev–Trinajstić information content (AvgIpc) is 2.64. The Kier molecular flexibility index (Phi) is 10.3. The number of benzene rings is 3. The lowest BCUT2D eigenvalue weighted by Crippen LogP contribution is -2.18. The summed E-state index contributed by atoms with van der Waals surface area (Å²) in [6, 6.07) is 31.8. The van der Waals surface area contributed by atoms with E-state index in [0.717, 1.165) is 0 Å². The first-order chi connectivity index (χ1) is 11.5. The molecule has 0 radical (unpaired) electrons. The average molecular weight is 349 g/mol. The normalized spacial score (nSPS) is 10.0. The highest BCUT2D eigenvalue weighted by Crippen LogP contribution is 2.30. The molecule has 0 heterocycles. The van der Waals surface area contributed by atoms with Crippen molar-refractivity contribution in [1.29, 1.82) is 0 Å². The van der Waals surface area contributed by atoms with E-state index in [4.69, 9.17) is 0 Å². The van der Waals surface area contributed by atoms with Gasteiger partial charge in [-0.2, -0.15) is 0 Å². The van der Waals surface area contributed by atoms with Gasteiger partial charge < -0.3 is 0 Å². The summed E-state index contributed by atoms with van der Waals surface area (Å²) in [5, 5.41) is 0. The molecule has 140 valence electrons. The van der Waals surface area contributed by atoms with Gasteiger partial charge in [-0.05, 0) is 22.6 Å². The summed E-state index contributed by atoms with van der Waals surface area (Å²) in [5.74, 6) is 0.659. The van der Waals surface area contributed by atoms with Gasteiger partial charge in [-0.25, -0.2) is 0 Å². The van der Waals surface area contributed by atoms with E-state index in [9.17, 15) is 0 Å². The quantitative estimate of drug-likeness (QED) is 0.448. The van der Waals surface area contributed by atoms with Gasteiger partial charge in [0.05, 0.1) is 0 Å². The lowest BCUT2D eigenvalue weighted by Gasteiger charge is -2.25. The predicted molar refractivity (Wildman–Crippen MR) is 119 cm³/mol. The minimum absolute atomic E-state index is 0. The maximum Gasteiger partial charge on any atom is 0.0146 e. The van der Waals surface area contributed by atoms with Gasteiger partial charge in [-0.1, -0.05) is 134 Å². The van der Waals surface area contributed by atoms with Crippen LogP contribution in [0.2, 0.25) is 0 Å². The van der Waals surface area contributed by atoms with E-state index in [0.29, 0.717) is 5.92 Å². The molecule has 0 N–H and O–H groups in total. The molecular weight excluding hydrogens is 312 g/mol. The molecule has 0 amide bonds. The first-order valence-corrected chi connectivity index (χ1v) is 8.68. The van der Waals surface area contributed by atoms with Crippen LogP contribution in [0.3, 0.4) is 0 Å². The Morgan fingerprint density at radius 1 is 0.538 bits per heavy atom. The van der Waals surface area contributed by atoms with Gasteiger partial charge in [0.25, 0.3) is 0 Å². The van der Waals surface area contributed by atoms with Crippen molar-refractivity contribution in [1.82, 2.24) is 0 Å². The molecule has 0 heteroatoms. The minimum Gasteiger partial charge on any atom is -0.0776 e. The van der Waals surface area contributed by atoms with Gasteiger partial charge in [-0.15, -0.1) is 0 Å². The summed E-state index contributed by atoms with van der Waals surface area (Å²) in [7, 11) is 0. The van der Waals surface area contributed by atoms with Gasteiger partial charge in [0.2, 0.25) is 0 Å². The molecular formula is C26H36. The molecule has 0 fully saturated rings. The van der Waals surface area contributed by atoms with E-state index in [1.807, 2.05) is 6.07 Å². The van der Waals surface area contributed by atoms with E-state index in [-0.39, 0.29) is 20.3 Å². The molecule has 0 nitrogen and oxygen atoms in total. The lowest BCUT2D eigenvalue weighted by atomic mass is 9.78. The largest absolute Gasteiger partial charge is 0.0776 e. The monoisotopic (exact) mass is 348 g/mol. The van der Waals surface area contributed by atoms with Gasteiger partial charge in [0.15, 0.2) is 0 Å². The molecule has 3 aromatic rings. The zero-order valence-corrected chi connectivity index (χ0v) is 15.2. The minimum atomic E-state index is 0. The summed E-state index contributed by atoms with van der Waals surface area (Å²) in [6.07, 6.45) is 0. The summed E-state index contributed by atoms with van der Waals surface area (Å²) >= 11 is 0. The molecule has 0 unspecified atom stereocenters. The lowest BCUT2D eigenvalue weighted by molar-refractivity contribution is 0.641. The molecule has 0 aromatic heterocycles. The van der Waals surface area contributed by atoms with Crippen LogP contribution in [0.4, 0.5) is 0 Å². The molecule has 26 heavy (non-hydrogen) atoms. The van der Waals surface area contributed by atoms with Crippen LogP contribution in [0, 0.1) is 0 Å². The van der Waals surface area contributed by atoms with Crippen molar-refractivity contribution in [2.75, 3.05) is 0 Å². The standard InChI is InChI=1S/C15H16.C9H12.2CH4/c1-15(2,13-9-5-3-6-10-13)14-11-7-4-8-12-14;1-8(2)9-6-4-3-5-7-9;;/h3-12H,1-2H3;3-8H,1-2H3;2*1H4. The Morgan fingerprint density at radius 3 is 1.12 bits per heavy atom. The fourth-order valence-corrected chi connectivity index (χ4v) is 2.71. The second kappa shape index (κ2) is 11.3. The fourth-order valence-electron chi connectivity index (χ4n) is 2.71. The molecule has 0 bridgehead atoms. The van der Waals surface area contributed by atoms with Crippen molar-refractivity contribution in [3.05, 3.63) is 108 Å². The van der Waals surface area contributed by atoms with Crippen LogP contribution in [-0.2, 0) is 5.41 Å². The third kappa shape index (κ3) is 6.52. The predicted octanol–water partition coefficient (Wildman–Crippen LogP) is 8.09. The van der Waals surface area contributed by atoms with Crippen molar-refractivity contribution in [2.45, 2.75) is 53.9 Å². The van der Waals surface area contributed by atoms with E-state index in [1.54, 1.807) is 0 Å². The van der Waals surface area contributed by atoms with Crippen molar-refractivity contribution in [3.63, 3.8) is 0 Å². The van der Waals surface area contributed by atoms with Crippen LogP contribution in [-0.4, -0.2) is 0 Å². The van der Waals surface area contributed by atoms with E-state index >= 15 is 0 Å². The molecule has 3 aromatic carbocycles. The third-order valence-corrected chi connectivity index (χ3v) is 4.46. The van der Waals surface area contributed by atoms with Crippen molar-refractivity contribution >= 4 is 0 Å². The first kappa shape index (κ1) is 23.7. The Morgan fingerprint density at radius 2 is 0.846 bits per heavy atom. The zero-order valence-electron chi connectivity index (χ0n) is 15.2. The fraction of sp³-hybridized carbons (Fsp3) is 0.308. The van der Waals surface area contributed by atoms with Gasteiger partial charge in [0.1, 0.15) is 0 Å². The Balaban J connectivity index is 0.000000496. The van der Waals surface area contributed by atoms with Crippen LogP contribution in [0.15, 0.2) is 91.0 Å². The summed E-state index contributed by atoms with van der Waals surface area (Å²) in [5.41, 5.74) is 4.22. The molecule has 0 saturated carbocycles. The molecule has 0 aliphatic carbocycles. The van der Waals surface area contributed by atoms with Crippen LogP contribution in [0.5, 0.6) is 0 Å². The summed E-state index contributed by atoms with van der Waals surface area (Å²) in [4.78, 5) is 0. The van der Waals surface area contributed by atoms with Gasteiger partial charge >= 0.3 is 0 Å². The Bertz CT molecular complexity index is 653. The number of rotatable bonds is 3. The van der Waals surface area contributed by atoms with E-state index in [2.05, 4.69) is 113 Å². The molecule has 0 atom stereocenters. The second-order valence-electron chi connectivity index (χ2n) is 6.92. The third-order valence-electron chi connectivity index (χ3n) is 4.46. The maximum atomic E-state index is 2.26. The van der Waals surface area contributed by atoms with Crippen molar-refractivity contribution in [2.24, 2.45) is 0 Å². The maximum absolute atomic E-state index is 2.26. The van der Waals surface area contributed by atoms with E-state index in [1.165, 1.54) is 16.7 Å². The second-order valence-corrected chi connectivity index (χ2v) is 6.92. The molecule has 0 aliphatic heterocycles. The van der Waals surface area contributed by atoms with Crippen LogP contribution >= 0.6 is 0 Å². The van der Waals surface area contributed by atoms with E-state index < -0.39 is 0 Å². The highest BCUT2D eigenvalue weighted by Gasteiger charge is 2.21. The molecule has 3 rings (SSSR count). The number of hydrogen-bond acceptors (Lipinski definition) is 0. The van der Waals surface area contributed by atoms with Crippen LogP contribution in [0.1, 0.15) is 65.2 Å². The van der Waals surface area contributed by atoms with Crippen LogP contribution < -0.4 is 0 Å². The zero-order chi connectivity index (χ0) is 17.4. The topological polar surface area (TPSA) is 0 Å². The Labute approximate surface area is 161 Å². The first-order valence-electron chi connectivity index (χ1n) is 8.68. The highest BCUT2D eigenvalue weighted by molar-refractivity contribution is 5.36. The number of hydrogen-bond donors (Lipinski definition) is 0. The highest BCUT2D eigenvalue weighted by atomic mass is 14.2. The van der Waals surface area contributed by atoms with Gasteiger partial charge in [0, 0.05) is 5.41 Å². The van der Waals surface area contributed by atoms with Crippen molar-refractivity contribution in [3.8, 4) is 0 Å².